The van der Waals surface area contributed by atoms with E-state index >= 15 is 0 Å². The van der Waals surface area contributed by atoms with Crippen LogP contribution < -0.4 is 5.32 Å². The molecule has 0 amide bonds. The Labute approximate surface area is 159 Å². The van der Waals surface area contributed by atoms with E-state index in [2.05, 4.69) is 25.4 Å². The van der Waals surface area contributed by atoms with E-state index in [1.165, 1.54) is 108 Å². The Morgan fingerprint density at radius 2 is 1.12 bits per heavy atom. The van der Waals surface area contributed by atoms with Crippen LogP contribution in [0.2, 0.25) is 0 Å². The van der Waals surface area contributed by atoms with Crippen LogP contribution in [0.1, 0.15) is 122 Å². The Morgan fingerprint density at radius 1 is 0.680 bits per heavy atom. The van der Waals surface area contributed by atoms with E-state index in [0.29, 0.717) is 0 Å². The molecule has 0 aromatic heterocycles. The molecule has 0 saturated carbocycles. The van der Waals surface area contributed by atoms with E-state index < -0.39 is 0 Å². The van der Waals surface area contributed by atoms with Gasteiger partial charge in [0, 0.05) is 12.2 Å². The molecule has 1 heteroatoms. The molecule has 0 unspecified atom stereocenters. The van der Waals surface area contributed by atoms with E-state index in [9.17, 15) is 0 Å². The second-order valence-electron chi connectivity index (χ2n) is 7.66. The van der Waals surface area contributed by atoms with Crippen molar-refractivity contribution in [3.63, 3.8) is 0 Å². The first kappa shape index (κ1) is 24.3. The molecule has 0 aromatic rings. The highest BCUT2D eigenvalue weighted by Crippen LogP contribution is 2.14. The van der Waals surface area contributed by atoms with Crippen molar-refractivity contribution in [1.29, 1.82) is 0 Å². The predicted molar refractivity (Wildman–Crippen MR) is 116 cm³/mol. The summed E-state index contributed by atoms with van der Waals surface area (Å²) in [4.78, 5) is 0. The molecule has 0 fully saturated rings. The topological polar surface area (TPSA) is 12.0 Å². The van der Waals surface area contributed by atoms with Gasteiger partial charge in [-0.25, -0.2) is 0 Å². The molecule has 0 saturated heterocycles. The fourth-order valence-corrected chi connectivity index (χ4v) is 3.31. The quantitative estimate of drug-likeness (QED) is 0.162. The summed E-state index contributed by atoms with van der Waals surface area (Å²) in [5, 5.41) is 3.42. The largest absolute Gasteiger partial charge is 0.389 e. The van der Waals surface area contributed by atoms with Gasteiger partial charge in [-0.3, -0.25) is 0 Å². The van der Waals surface area contributed by atoms with Gasteiger partial charge in [-0.2, -0.15) is 0 Å². The Kier molecular flexibility index (Phi) is 20.7. The maximum Gasteiger partial charge on any atom is 0.0146 e. The van der Waals surface area contributed by atoms with Crippen LogP contribution in [-0.4, -0.2) is 6.54 Å². The summed E-state index contributed by atoms with van der Waals surface area (Å²) in [6.45, 7) is 11.2. The van der Waals surface area contributed by atoms with Gasteiger partial charge in [0.25, 0.3) is 0 Å². The molecule has 0 aliphatic heterocycles. The van der Waals surface area contributed by atoms with Crippen molar-refractivity contribution in [3.8, 4) is 0 Å². The first-order valence-corrected chi connectivity index (χ1v) is 11.3. The number of hydrogen-bond donors (Lipinski definition) is 1. The number of nitrogens with one attached hydrogen (secondary N) is 1. The monoisotopic (exact) mass is 349 g/mol. The molecule has 0 aliphatic carbocycles. The number of allylic oxidation sites excluding steroid dienone is 2. The standard InChI is InChI=1S/C24H47N/c1-4-6-8-9-10-11-12-13-14-15-16-17-18-19-20-22-24(3)25-23-21-7-5-2/h5,25H,2-4,6-23H2,1H3. The zero-order chi connectivity index (χ0) is 18.4. The van der Waals surface area contributed by atoms with E-state index in [1.807, 2.05) is 6.08 Å². The molecule has 0 radical (unpaired) electrons. The summed E-state index contributed by atoms with van der Waals surface area (Å²) < 4.78 is 0. The van der Waals surface area contributed by atoms with Crippen LogP contribution in [0.4, 0.5) is 0 Å². The van der Waals surface area contributed by atoms with Gasteiger partial charge in [0.1, 0.15) is 0 Å². The minimum absolute atomic E-state index is 1.05. The third-order valence-electron chi connectivity index (χ3n) is 5.04. The molecular formula is C24H47N. The van der Waals surface area contributed by atoms with Crippen molar-refractivity contribution >= 4 is 0 Å². The van der Waals surface area contributed by atoms with Gasteiger partial charge in [-0.15, -0.1) is 6.58 Å². The molecule has 0 atom stereocenters. The molecule has 0 spiro atoms. The van der Waals surface area contributed by atoms with Gasteiger partial charge in [0.15, 0.2) is 0 Å². The first-order valence-electron chi connectivity index (χ1n) is 11.3. The Balaban J connectivity index is 3.09. The minimum atomic E-state index is 1.05. The first-order chi connectivity index (χ1) is 12.3. The molecule has 0 bridgehead atoms. The molecule has 0 heterocycles. The average molecular weight is 350 g/mol. The van der Waals surface area contributed by atoms with Crippen molar-refractivity contribution in [2.75, 3.05) is 6.54 Å². The molecule has 148 valence electrons. The summed E-state index contributed by atoms with van der Waals surface area (Å²) in [7, 11) is 0. The van der Waals surface area contributed by atoms with Crippen molar-refractivity contribution in [3.05, 3.63) is 24.9 Å². The molecule has 0 rings (SSSR count). The van der Waals surface area contributed by atoms with Crippen LogP contribution in [-0.2, 0) is 0 Å². The van der Waals surface area contributed by atoms with E-state index in [0.717, 1.165) is 19.4 Å². The summed E-state index contributed by atoms with van der Waals surface area (Å²) in [5.74, 6) is 0. The van der Waals surface area contributed by atoms with Gasteiger partial charge in [0.05, 0.1) is 0 Å². The summed E-state index contributed by atoms with van der Waals surface area (Å²) in [5.41, 5.74) is 1.22. The Morgan fingerprint density at radius 3 is 1.56 bits per heavy atom. The minimum Gasteiger partial charge on any atom is -0.389 e. The van der Waals surface area contributed by atoms with Crippen LogP contribution in [0.15, 0.2) is 24.9 Å². The number of rotatable bonds is 21. The van der Waals surface area contributed by atoms with E-state index in [1.54, 1.807) is 0 Å². The van der Waals surface area contributed by atoms with Gasteiger partial charge < -0.3 is 5.32 Å². The number of unbranched alkanes of at least 4 members (excludes halogenated alkanes) is 15. The highest BCUT2D eigenvalue weighted by Gasteiger charge is 1.96. The zero-order valence-corrected chi connectivity index (χ0v) is 17.4. The van der Waals surface area contributed by atoms with Gasteiger partial charge >= 0.3 is 0 Å². The van der Waals surface area contributed by atoms with Gasteiger partial charge in [-0.1, -0.05) is 109 Å². The molecule has 25 heavy (non-hydrogen) atoms. The molecule has 0 aromatic carbocycles. The third kappa shape index (κ3) is 21.2. The SMILES string of the molecule is C=CCCCNC(=C)CCCCCCCCCCCCCCCCC. The van der Waals surface area contributed by atoms with Crippen molar-refractivity contribution in [2.45, 2.75) is 122 Å². The van der Waals surface area contributed by atoms with Crippen molar-refractivity contribution < 1.29 is 0 Å². The summed E-state index contributed by atoms with van der Waals surface area (Å²) >= 11 is 0. The second-order valence-corrected chi connectivity index (χ2v) is 7.66. The van der Waals surface area contributed by atoms with Crippen LogP contribution in [0, 0.1) is 0 Å². The highest BCUT2D eigenvalue weighted by atomic mass is 14.9. The van der Waals surface area contributed by atoms with Crippen molar-refractivity contribution in [2.24, 2.45) is 0 Å². The van der Waals surface area contributed by atoms with E-state index in [4.69, 9.17) is 0 Å². The fraction of sp³-hybridized carbons (Fsp3) is 0.833. The molecule has 1 nitrogen and oxygen atoms in total. The van der Waals surface area contributed by atoms with Crippen LogP contribution in [0.3, 0.4) is 0 Å². The lowest BCUT2D eigenvalue weighted by molar-refractivity contribution is 0.531. The summed E-state index contributed by atoms with van der Waals surface area (Å²) in [6, 6.07) is 0. The molecule has 0 aliphatic rings. The van der Waals surface area contributed by atoms with Crippen molar-refractivity contribution in [1.82, 2.24) is 5.32 Å². The van der Waals surface area contributed by atoms with Crippen LogP contribution in [0.25, 0.3) is 0 Å². The van der Waals surface area contributed by atoms with Crippen LogP contribution in [0.5, 0.6) is 0 Å². The second kappa shape index (κ2) is 21.3. The normalized spacial score (nSPS) is 10.8. The smallest absolute Gasteiger partial charge is 0.0146 e. The summed E-state index contributed by atoms with van der Waals surface area (Å²) in [6.07, 6.45) is 26.8. The lowest BCUT2D eigenvalue weighted by Gasteiger charge is -2.08. The predicted octanol–water partition coefficient (Wildman–Crippen LogP) is 8.32. The van der Waals surface area contributed by atoms with Gasteiger partial charge in [0.2, 0.25) is 0 Å². The zero-order valence-electron chi connectivity index (χ0n) is 17.4. The average Bonchev–Trinajstić information content (AvgIpc) is 2.62. The third-order valence-corrected chi connectivity index (χ3v) is 5.04. The molecular weight excluding hydrogens is 302 g/mol. The van der Waals surface area contributed by atoms with Crippen LogP contribution >= 0.6 is 0 Å². The highest BCUT2D eigenvalue weighted by molar-refractivity contribution is 4.90. The Bertz CT molecular complexity index is 282. The van der Waals surface area contributed by atoms with E-state index in [-0.39, 0.29) is 0 Å². The Hall–Kier alpha value is -0.720. The maximum absolute atomic E-state index is 4.12. The lowest BCUT2D eigenvalue weighted by atomic mass is 10.0. The fourth-order valence-electron chi connectivity index (χ4n) is 3.31. The number of hydrogen-bond acceptors (Lipinski definition) is 1. The van der Waals surface area contributed by atoms with Gasteiger partial charge in [-0.05, 0) is 25.7 Å². The molecule has 1 N–H and O–H groups in total. The maximum atomic E-state index is 4.12. The lowest BCUT2D eigenvalue weighted by Crippen LogP contribution is -2.13.